The lowest BCUT2D eigenvalue weighted by atomic mass is 9.97. The smallest absolute Gasteiger partial charge is 0.338 e. The molecule has 0 saturated heterocycles. The Hall–Kier alpha value is -3.12. The Kier molecular flexibility index (Phi) is 6.90. The Bertz CT molecular complexity index is 1030. The predicted octanol–water partition coefficient (Wildman–Crippen LogP) is 4.43. The van der Waals surface area contributed by atoms with Crippen LogP contribution in [-0.2, 0) is 11.2 Å². The van der Waals surface area contributed by atoms with Gasteiger partial charge in [-0.1, -0.05) is 13.3 Å². The number of aryl methyl sites for hydroxylation is 1. The van der Waals surface area contributed by atoms with Crippen LogP contribution in [0.15, 0.2) is 46.9 Å². The number of ether oxygens (including phenoxy) is 1. The Morgan fingerprint density at radius 2 is 1.77 bits per heavy atom. The number of carbonyl (C=O) groups is 2. The Morgan fingerprint density at radius 3 is 2.43 bits per heavy atom. The number of furan rings is 1. The van der Waals surface area contributed by atoms with Crippen LogP contribution in [-0.4, -0.2) is 49.0 Å². The van der Waals surface area contributed by atoms with Gasteiger partial charge in [0, 0.05) is 23.9 Å². The van der Waals surface area contributed by atoms with Crippen LogP contribution in [0.1, 0.15) is 51.8 Å². The molecule has 0 aliphatic carbocycles. The highest BCUT2D eigenvalue weighted by atomic mass is 16.5. The van der Waals surface area contributed by atoms with Gasteiger partial charge in [-0.2, -0.15) is 0 Å². The van der Waals surface area contributed by atoms with Crippen LogP contribution in [0.3, 0.4) is 0 Å². The highest BCUT2D eigenvalue weighted by Crippen LogP contribution is 2.31. The average Bonchev–Trinajstić information content (AvgIpc) is 3.09. The van der Waals surface area contributed by atoms with Crippen LogP contribution >= 0.6 is 0 Å². The lowest BCUT2D eigenvalue weighted by Crippen LogP contribution is -2.20. The summed E-state index contributed by atoms with van der Waals surface area (Å²) in [6, 6.07) is 11.2. The van der Waals surface area contributed by atoms with Crippen molar-refractivity contribution in [2.24, 2.45) is 0 Å². The van der Waals surface area contributed by atoms with Crippen LogP contribution in [0.2, 0.25) is 0 Å². The second-order valence-corrected chi connectivity index (χ2v) is 7.53. The Labute approximate surface area is 176 Å². The number of ketones is 1. The summed E-state index contributed by atoms with van der Waals surface area (Å²) in [7, 11) is 3.81. The molecule has 1 heterocycles. The molecule has 0 bridgehead atoms. The van der Waals surface area contributed by atoms with E-state index < -0.39 is 5.97 Å². The van der Waals surface area contributed by atoms with Crippen molar-refractivity contribution in [3.8, 4) is 5.75 Å². The first-order chi connectivity index (χ1) is 14.4. The minimum Gasteiger partial charge on any atom is -0.508 e. The Balaban J connectivity index is 2.00. The molecule has 3 aromatic rings. The molecule has 0 unspecified atom stereocenters. The number of hydrogen-bond donors (Lipinski definition) is 1. The monoisotopic (exact) mass is 409 g/mol. The Morgan fingerprint density at radius 1 is 1.07 bits per heavy atom. The number of unbranched alkanes of at least 4 members (excludes halogenated alkanes) is 1. The lowest BCUT2D eigenvalue weighted by molar-refractivity contribution is 0.0482. The van der Waals surface area contributed by atoms with Gasteiger partial charge >= 0.3 is 5.97 Å². The zero-order chi connectivity index (χ0) is 21.7. The number of nitrogens with zero attached hydrogens (tertiary/aromatic N) is 1. The molecule has 0 amide bonds. The molecule has 0 aliphatic rings. The van der Waals surface area contributed by atoms with Crippen LogP contribution < -0.4 is 0 Å². The largest absolute Gasteiger partial charge is 0.508 e. The van der Waals surface area contributed by atoms with E-state index in [2.05, 4.69) is 6.92 Å². The van der Waals surface area contributed by atoms with E-state index in [1.165, 1.54) is 12.1 Å². The molecule has 1 aromatic heterocycles. The highest BCUT2D eigenvalue weighted by molar-refractivity contribution is 6.17. The molecule has 6 nitrogen and oxygen atoms in total. The maximum atomic E-state index is 13.3. The van der Waals surface area contributed by atoms with Gasteiger partial charge in [-0.05, 0) is 63.0 Å². The molecule has 1 N–H and O–H groups in total. The summed E-state index contributed by atoms with van der Waals surface area (Å²) in [6.07, 6.45) is 2.48. The fourth-order valence-electron chi connectivity index (χ4n) is 3.20. The molecule has 6 heteroatoms. The van der Waals surface area contributed by atoms with Crippen molar-refractivity contribution in [2.45, 2.75) is 26.2 Å². The number of esters is 1. The number of aromatic hydroxyl groups is 1. The number of likely N-dealkylation sites (N-methyl/N-ethyl adjacent to an activating group) is 1. The molecule has 0 radical (unpaired) electrons. The number of fused-ring (bicyclic) bond motifs is 1. The third kappa shape index (κ3) is 4.89. The number of benzene rings is 2. The van der Waals surface area contributed by atoms with Crippen LogP contribution in [0.4, 0.5) is 0 Å². The molecule has 0 fully saturated rings. The third-order valence-corrected chi connectivity index (χ3v) is 4.88. The second-order valence-electron chi connectivity index (χ2n) is 7.53. The van der Waals surface area contributed by atoms with Gasteiger partial charge in [0.1, 0.15) is 23.7 Å². The van der Waals surface area contributed by atoms with E-state index in [9.17, 15) is 14.7 Å². The topological polar surface area (TPSA) is 80.0 Å². The van der Waals surface area contributed by atoms with Gasteiger partial charge in [0.05, 0.1) is 11.1 Å². The molecular weight excluding hydrogens is 382 g/mol. The molecule has 2 aromatic carbocycles. The van der Waals surface area contributed by atoms with Crippen LogP contribution in [0, 0.1) is 0 Å². The van der Waals surface area contributed by atoms with Crippen molar-refractivity contribution in [1.82, 2.24) is 4.90 Å². The first-order valence-electron chi connectivity index (χ1n) is 10.1. The molecule has 0 spiro atoms. The minimum atomic E-state index is -0.432. The van der Waals surface area contributed by atoms with Crippen molar-refractivity contribution in [1.29, 1.82) is 0 Å². The zero-order valence-corrected chi connectivity index (χ0v) is 17.6. The SMILES string of the molecule is CCCCc1oc2ccc(C(=O)OCCN(C)C)cc2c1C(=O)c1ccc(O)cc1. The second kappa shape index (κ2) is 9.59. The van der Waals surface area contributed by atoms with E-state index in [1.54, 1.807) is 30.3 Å². The standard InChI is InChI=1S/C24H27NO5/c1-4-5-6-21-22(23(27)16-7-10-18(26)11-8-16)19-15-17(9-12-20(19)30-21)24(28)29-14-13-25(2)3/h7-12,15,26H,4-6,13-14H2,1-3H3. The number of phenols is 1. The predicted molar refractivity (Wildman–Crippen MR) is 115 cm³/mol. The molecule has 158 valence electrons. The van der Waals surface area contributed by atoms with E-state index in [1.807, 2.05) is 19.0 Å². The molecule has 30 heavy (non-hydrogen) atoms. The maximum absolute atomic E-state index is 13.3. The molecule has 0 aliphatic heterocycles. The van der Waals surface area contributed by atoms with Crippen molar-refractivity contribution >= 4 is 22.7 Å². The van der Waals surface area contributed by atoms with Gasteiger partial charge in [-0.25, -0.2) is 4.79 Å². The zero-order valence-electron chi connectivity index (χ0n) is 17.6. The van der Waals surface area contributed by atoms with Crippen molar-refractivity contribution in [3.63, 3.8) is 0 Å². The van der Waals surface area contributed by atoms with Gasteiger partial charge < -0.3 is 19.2 Å². The van der Waals surface area contributed by atoms with E-state index in [4.69, 9.17) is 9.15 Å². The summed E-state index contributed by atoms with van der Waals surface area (Å²) in [5.74, 6) is 0.0803. The average molecular weight is 409 g/mol. The van der Waals surface area contributed by atoms with E-state index in [-0.39, 0.29) is 18.1 Å². The quantitative estimate of drug-likeness (QED) is 0.416. The normalized spacial score (nSPS) is 11.2. The third-order valence-electron chi connectivity index (χ3n) is 4.88. The summed E-state index contributed by atoms with van der Waals surface area (Å²) in [6.45, 7) is 2.99. The van der Waals surface area contributed by atoms with E-state index in [0.717, 1.165) is 12.8 Å². The van der Waals surface area contributed by atoms with Gasteiger partial charge in [-0.3, -0.25) is 4.79 Å². The molecule has 0 atom stereocenters. The molecular formula is C24H27NO5. The minimum absolute atomic E-state index is 0.0950. The molecule has 0 saturated carbocycles. The first kappa shape index (κ1) is 21.6. The summed E-state index contributed by atoms with van der Waals surface area (Å²) in [4.78, 5) is 27.7. The van der Waals surface area contributed by atoms with Crippen molar-refractivity contribution in [3.05, 3.63) is 64.9 Å². The maximum Gasteiger partial charge on any atom is 0.338 e. The first-order valence-corrected chi connectivity index (χ1v) is 10.1. The van der Waals surface area contributed by atoms with Gasteiger partial charge in [0.15, 0.2) is 5.78 Å². The van der Waals surface area contributed by atoms with Crippen LogP contribution in [0.5, 0.6) is 5.75 Å². The van der Waals surface area contributed by atoms with Gasteiger partial charge in [-0.15, -0.1) is 0 Å². The summed E-state index contributed by atoms with van der Waals surface area (Å²) < 4.78 is 11.3. The summed E-state index contributed by atoms with van der Waals surface area (Å²) >= 11 is 0. The fourth-order valence-corrected chi connectivity index (χ4v) is 3.20. The highest BCUT2D eigenvalue weighted by Gasteiger charge is 2.23. The summed E-state index contributed by atoms with van der Waals surface area (Å²) in [5.41, 5.74) is 1.86. The van der Waals surface area contributed by atoms with Gasteiger partial charge in [0.2, 0.25) is 0 Å². The number of rotatable bonds is 9. The van der Waals surface area contributed by atoms with Gasteiger partial charge in [0.25, 0.3) is 0 Å². The van der Waals surface area contributed by atoms with E-state index >= 15 is 0 Å². The molecule has 3 rings (SSSR count). The summed E-state index contributed by atoms with van der Waals surface area (Å²) in [5, 5.41) is 10.1. The lowest BCUT2D eigenvalue weighted by Gasteiger charge is -2.10. The fraction of sp³-hybridized carbons (Fsp3) is 0.333. The van der Waals surface area contributed by atoms with Crippen molar-refractivity contribution in [2.75, 3.05) is 27.2 Å². The number of carbonyl (C=O) groups excluding carboxylic acids is 2. The van der Waals surface area contributed by atoms with Crippen LogP contribution in [0.25, 0.3) is 11.0 Å². The number of phenolic OH excluding ortho intramolecular Hbond substituents is 1. The van der Waals surface area contributed by atoms with E-state index in [0.29, 0.717) is 46.4 Å². The van der Waals surface area contributed by atoms with Crippen molar-refractivity contribution < 1.29 is 23.8 Å². The number of hydrogen-bond acceptors (Lipinski definition) is 6.